The van der Waals surface area contributed by atoms with Crippen molar-refractivity contribution < 1.29 is 4.79 Å². The molecule has 0 saturated heterocycles. The average molecular weight is 228 g/mol. The van der Waals surface area contributed by atoms with E-state index in [1.807, 2.05) is 12.1 Å². The van der Waals surface area contributed by atoms with Gasteiger partial charge in [0.05, 0.1) is 0 Å². The molecule has 2 aromatic carbocycles. The maximum absolute atomic E-state index is 10.4. The zero-order valence-corrected chi connectivity index (χ0v) is 10.0. The predicted octanol–water partition coefficient (Wildman–Crippen LogP) is 2.60. The van der Waals surface area contributed by atoms with E-state index in [0.29, 0.717) is 6.42 Å². The molecule has 0 fully saturated rings. The number of carbonyl (C=O) groups is 1. The zero-order valence-electron chi connectivity index (χ0n) is 8.89. The normalized spacial score (nSPS) is 10.1. The van der Waals surface area contributed by atoms with Crippen molar-refractivity contribution in [3.05, 3.63) is 54.1 Å². The molecule has 1 atom stereocenters. The summed E-state index contributed by atoms with van der Waals surface area (Å²) in [5, 5.41) is 1.18. The fourth-order valence-electron chi connectivity index (χ4n) is 1.61. The monoisotopic (exact) mass is 228 g/mol. The van der Waals surface area contributed by atoms with Gasteiger partial charge in [-0.25, -0.2) is 0 Å². The number of carbonyl (C=O) groups excluding carboxylic acids is 1. The molecule has 0 aliphatic carbocycles. The minimum Gasteiger partial charge on any atom is -0.303 e. The fourth-order valence-corrected chi connectivity index (χ4v) is 1.80. The van der Waals surface area contributed by atoms with Crippen LogP contribution in [0.15, 0.2) is 48.5 Å². The molecule has 0 bridgehead atoms. The van der Waals surface area contributed by atoms with E-state index in [9.17, 15) is 4.79 Å². The molecule has 1 nitrogen and oxygen atoms in total. The van der Waals surface area contributed by atoms with Crippen molar-refractivity contribution in [2.75, 3.05) is 0 Å². The highest BCUT2D eigenvalue weighted by molar-refractivity contribution is 7.27. The van der Waals surface area contributed by atoms with E-state index >= 15 is 0 Å². The molecule has 2 aromatic rings. The number of benzene rings is 2. The summed E-state index contributed by atoms with van der Waals surface area (Å²) in [7, 11) is 2.67. The zero-order chi connectivity index (χ0) is 11.4. The minimum atomic E-state index is 0.491. The molecular weight excluding hydrogens is 215 g/mol. The Kier molecular flexibility index (Phi) is 3.48. The molecule has 0 heterocycles. The van der Waals surface area contributed by atoms with Gasteiger partial charge in [0.2, 0.25) is 0 Å². The molecule has 1 unspecified atom stereocenters. The van der Waals surface area contributed by atoms with E-state index in [4.69, 9.17) is 0 Å². The number of hydrogen-bond donors (Lipinski definition) is 0. The lowest BCUT2D eigenvalue weighted by atomic mass is 10.0. The molecule has 80 valence electrons. The van der Waals surface area contributed by atoms with E-state index in [1.165, 1.54) is 16.4 Å². The molecule has 0 spiro atoms. The number of hydrogen-bond acceptors (Lipinski definition) is 1. The SMILES string of the molecule is O=CCc1ccc(-c2ccc(P)cc2)cc1. The summed E-state index contributed by atoms with van der Waals surface area (Å²) in [6.45, 7) is 0. The summed E-state index contributed by atoms with van der Waals surface area (Å²) in [6.07, 6.45) is 1.42. The molecule has 0 aromatic heterocycles. The molecule has 2 rings (SSSR count). The lowest BCUT2D eigenvalue weighted by Gasteiger charge is -2.03. The van der Waals surface area contributed by atoms with Crippen LogP contribution in [0.25, 0.3) is 11.1 Å². The van der Waals surface area contributed by atoms with Gasteiger partial charge in [0.25, 0.3) is 0 Å². The van der Waals surface area contributed by atoms with E-state index in [1.54, 1.807) is 0 Å². The van der Waals surface area contributed by atoms with Gasteiger partial charge in [-0.15, -0.1) is 9.24 Å². The van der Waals surface area contributed by atoms with Gasteiger partial charge in [0.1, 0.15) is 6.29 Å². The van der Waals surface area contributed by atoms with Crippen LogP contribution in [0.1, 0.15) is 5.56 Å². The van der Waals surface area contributed by atoms with Crippen molar-refractivity contribution >= 4 is 20.8 Å². The summed E-state index contributed by atoms with van der Waals surface area (Å²) < 4.78 is 0. The Labute approximate surface area is 97.7 Å². The highest BCUT2D eigenvalue weighted by Gasteiger charge is 1.97. The fraction of sp³-hybridized carbons (Fsp3) is 0.0714. The first-order chi connectivity index (χ1) is 7.79. The van der Waals surface area contributed by atoms with E-state index in [-0.39, 0.29) is 0 Å². The molecule has 2 heteroatoms. The Morgan fingerprint density at radius 3 is 1.88 bits per heavy atom. The van der Waals surface area contributed by atoms with E-state index < -0.39 is 0 Å². The van der Waals surface area contributed by atoms with Crippen LogP contribution >= 0.6 is 9.24 Å². The second-order valence-electron chi connectivity index (χ2n) is 3.69. The Bertz CT molecular complexity index is 471. The van der Waals surface area contributed by atoms with Crippen molar-refractivity contribution in [3.63, 3.8) is 0 Å². The second kappa shape index (κ2) is 5.05. The standard InChI is InChI=1S/C14H13OP/c15-10-9-11-1-3-12(4-2-11)13-5-7-14(16)8-6-13/h1-8,10H,9,16H2. The topological polar surface area (TPSA) is 17.1 Å². The van der Waals surface area contributed by atoms with Gasteiger partial charge in [0, 0.05) is 6.42 Å². The average Bonchev–Trinajstić information content (AvgIpc) is 2.32. The maximum atomic E-state index is 10.4. The van der Waals surface area contributed by atoms with Crippen LogP contribution in [-0.4, -0.2) is 6.29 Å². The van der Waals surface area contributed by atoms with Crippen molar-refractivity contribution in [1.82, 2.24) is 0 Å². The van der Waals surface area contributed by atoms with E-state index in [2.05, 4.69) is 45.6 Å². The molecule has 0 N–H and O–H groups in total. The van der Waals surface area contributed by atoms with Crippen LogP contribution in [0.5, 0.6) is 0 Å². The van der Waals surface area contributed by atoms with E-state index in [0.717, 1.165) is 11.8 Å². The summed E-state index contributed by atoms with van der Waals surface area (Å²) in [4.78, 5) is 10.4. The largest absolute Gasteiger partial charge is 0.303 e. The van der Waals surface area contributed by atoms with Crippen LogP contribution in [0.2, 0.25) is 0 Å². The quantitative estimate of drug-likeness (QED) is 0.583. The first-order valence-corrected chi connectivity index (χ1v) is 5.76. The maximum Gasteiger partial charge on any atom is 0.124 e. The van der Waals surface area contributed by atoms with Gasteiger partial charge in [-0.1, -0.05) is 48.5 Å². The molecule has 0 saturated carbocycles. The van der Waals surface area contributed by atoms with Gasteiger partial charge in [-0.3, -0.25) is 0 Å². The van der Waals surface area contributed by atoms with Gasteiger partial charge in [-0.05, 0) is 22.0 Å². The van der Waals surface area contributed by atoms with Crippen molar-refractivity contribution in [2.45, 2.75) is 6.42 Å². The van der Waals surface area contributed by atoms with Gasteiger partial charge < -0.3 is 4.79 Å². The number of aldehydes is 1. The van der Waals surface area contributed by atoms with Crippen molar-refractivity contribution in [3.8, 4) is 11.1 Å². The Balaban J connectivity index is 2.27. The lowest BCUT2D eigenvalue weighted by molar-refractivity contribution is -0.107. The third kappa shape index (κ3) is 2.56. The molecular formula is C14H13OP. The Morgan fingerprint density at radius 1 is 0.875 bits per heavy atom. The van der Waals surface area contributed by atoms with Gasteiger partial charge in [0.15, 0.2) is 0 Å². The molecule has 16 heavy (non-hydrogen) atoms. The first-order valence-electron chi connectivity index (χ1n) is 5.18. The van der Waals surface area contributed by atoms with Crippen molar-refractivity contribution in [1.29, 1.82) is 0 Å². The summed E-state index contributed by atoms with van der Waals surface area (Å²) in [5.74, 6) is 0. The summed E-state index contributed by atoms with van der Waals surface area (Å²) >= 11 is 0. The number of rotatable bonds is 3. The van der Waals surface area contributed by atoms with Gasteiger partial charge in [-0.2, -0.15) is 0 Å². The smallest absolute Gasteiger partial charge is 0.124 e. The highest BCUT2D eigenvalue weighted by Crippen LogP contribution is 2.19. The third-order valence-electron chi connectivity index (χ3n) is 2.52. The molecule has 0 aliphatic rings. The lowest BCUT2D eigenvalue weighted by Crippen LogP contribution is -1.89. The predicted molar refractivity (Wildman–Crippen MR) is 71.0 cm³/mol. The van der Waals surface area contributed by atoms with Gasteiger partial charge >= 0.3 is 0 Å². The Hall–Kier alpha value is -1.46. The summed E-state index contributed by atoms with van der Waals surface area (Å²) in [5.41, 5.74) is 3.44. The van der Waals surface area contributed by atoms with Crippen LogP contribution in [0.4, 0.5) is 0 Å². The van der Waals surface area contributed by atoms with Crippen molar-refractivity contribution in [2.24, 2.45) is 0 Å². The Morgan fingerprint density at radius 2 is 1.38 bits per heavy atom. The highest BCUT2D eigenvalue weighted by atomic mass is 31.0. The second-order valence-corrected chi connectivity index (χ2v) is 4.36. The minimum absolute atomic E-state index is 0.491. The first kappa shape index (κ1) is 11.0. The molecule has 0 amide bonds. The van der Waals surface area contributed by atoms with Crippen LogP contribution < -0.4 is 5.30 Å². The van der Waals surface area contributed by atoms with Crippen LogP contribution in [-0.2, 0) is 11.2 Å². The van der Waals surface area contributed by atoms with Crippen LogP contribution in [0.3, 0.4) is 0 Å². The van der Waals surface area contributed by atoms with Crippen LogP contribution in [0, 0.1) is 0 Å². The third-order valence-corrected chi connectivity index (χ3v) is 2.90. The summed E-state index contributed by atoms with van der Waals surface area (Å²) in [6, 6.07) is 16.4. The molecule has 0 aliphatic heterocycles. The molecule has 0 radical (unpaired) electrons.